The summed E-state index contributed by atoms with van der Waals surface area (Å²) >= 11 is 0. The summed E-state index contributed by atoms with van der Waals surface area (Å²) in [6.45, 7) is 6.55. The number of rotatable bonds is 3. The molecule has 2 radical (unpaired) electrons. The minimum Gasteiger partial charge on any atom is -0.491 e. The standard InChI is InChI=1S/C19H24BN3O5S/c1-19(2,3)28-18(24)23-7-5-13(6-8-23)27-16-10-15-12(9-14(16)20)11-21-17(22-15)29(4,25)26/h9-11,13H,5-8H2,1-4H3. The van der Waals surface area contributed by atoms with E-state index >= 15 is 0 Å². The lowest BCUT2D eigenvalue weighted by atomic mass is 9.93. The Bertz CT molecular complexity index is 1030. The van der Waals surface area contributed by atoms with E-state index in [1.165, 1.54) is 6.20 Å². The zero-order valence-electron chi connectivity index (χ0n) is 17.0. The zero-order chi connectivity index (χ0) is 21.4. The Morgan fingerprint density at radius 1 is 1.24 bits per heavy atom. The van der Waals surface area contributed by atoms with Crippen molar-refractivity contribution in [1.82, 2.24) is 14.9 Å². The minimum absolute atomic E-state index is 0.121. The third-order valence-corrected chi connectivity index (χ3v) is 5.27. The van der Waals surface area contributed by atoms with Crippen molar-refractivity contribution in [2.24, 2.45) is 0 Å². The molecule has 8 nitrogen and oxygen atoms in total. The van der Waals surface area contributed by atoms with Crippen LogP contribution in [0.5, 0.6) is 5.75 Å². The van der Waals surface area contributed by atoms with E-state index in [2.05, 4.69) is 9.97 Å². The smallest absolute Gasteiger partial charge is 0.410 e. The van der Waals surface area contributed by atoms with Gasteiger partial charge in [-0.05, 0) is 20.8 Å². The molecule has 1 amide bonds. The molecule has 1 aliphatic rings. The fraction of sp³-hybridized carbons (Fsp3) is 0.526. The van der Waals surface area contributed by atoms with Crippen molar-refractivity contribution < 1.29 is 22.7 Å². The molecule has 0 saturated carbocycles. The Morgan fingerprint density at radius 2 is 1.90 bits per heavy atom. The molecule has 2 aromatic rings. The third-order valence-electron chi connectivity index (χ3n) is 4.41. The topological polar surface area (TPSA) is 98.7 Å². The molecular formula is C19H24BN3O5S. The van der Waals surface area contributed by atoms with Gasteiger partial charge in [-0.25, -0.2) is 23.2 Å². The first-order chi connectivity index (χ1) is 13.4. The maximum atomic E-state index is 12.2. The van der Waals surface area contributed by atoms with E-state index in [-0.39, 0.29) is 17.4 Å². The highest BCUT2D eigenvalue weighted by molar-refractivity contribution is 7.90. The summed E-state index contributed by atoms with van der Waals surface area (Å²) in [6.07, 6.45) is 3.31. The fourth-order valence-electron chi connectivity index (χ4n) is 3.00. The van der Waals surface area contributed by atoms with Gasteiger partial charge in [-0.2, -0.15) is 0 Å². The van der Waals surface area contributed by atoms with Gasteiger partial charge < -0.3 is 14.4 Å². The maximum absolute atomic E-state index is 12.2. The van der Waals surface area contributed by atoms with E-state index in [0.29, 0.717) is 48.0 Å². The van der Waals surface area contributed by atoms with Gasteiger partial charge in [-0.15, -0.1) is 0 Å². The van der Waals surface area contributed by atoms with Crippen molar-refractivity contribution in [3.63, 3.8) is 0 Å². The molecule has 3 rings (SSSR count). The van der Waals surface area contributed by atoms with Crippen LogP contribution < -0.4 is 10.2 Å². The van der Waals surface area contributed by atoms with E-state index in [4.69, 9.17) is 17.3 Å². The number of carbonyl (C=O) groups is 1. The third kappa shape index (κ3) is 5.38. The Labute approximate surface area is 171 Å². The molecule has 0 N–H and O–H groups in total. The fourth-order valence-corrected chi connectivity index (χ4v) is 3.51. The molecule has 1 aromatic carbocycles. The van der Waals surface area contributed by atoms with Crippen LogP contribution in [-0.4, -0.2) is 68.3 Å². The average molecular weight is 417 g/mol. The molecule has 0 aliphatic carbocycles. The van der Waals surface area contributed by atoms with Crippen molar-refractivity contribution in [2.75, 3.05) is 19.3 Å². The highest BCUT2D eigenvalue weighted by Crippen LogP contribution is 2.22. The highest BCUT2D eigenvalue weighted by Gasteiger charge is 2.28. The number of benzene rings is 1. The summed E-state index contributed by atoms with van der Waals surface area (Å²) in [5, 5.41) is 0.383. The first kappa shape index (κ1) is 21.4. The number of likely N-dealkylation sites (tertiary alicyclic amines) is 1. The average Bonchev–Trinajstić information content (AvgIpc) is 2.60. The molecule has 154 valence electrons. The Hall–Kier alpha value is -2.36. The summed E-state index contributed by atoms with van der Waals surface area (Å²) in [5.74, 6) is 0.436. The number of carbonyl (C=O) groups excluding carboxylic acids is 1. The molecule has 0 bridgehead atoms. The van der Waals surface area contributed by atoms with Crippen molar-refractivity contribution in [1.29, 1.82) is 0 Å². The second-order valence-electron chi connectivity index (χ2n) is 8.16. The van der Waals surface area contributed by atoms with Crippen molar-refractivity contribution >= 4 is 40.1 Å². The van der Waals surface area contributed by atoms with E-state index in [1.807, 2.05) is 20.8 Å². The van der Waals surface area contributed by atoms with E-state index in [9.17, 15) is 13.2 Å². The molecule has 1 saturated heterocycles. The number of hydrogen-bond donors (Lipinski definition) is 0. The van der Waals surface area contributed by atoms with Crippen LogP contribution in [-0.2, 0) is 14.6 Å². The number of hydrogen-bond acceptors (Lipinski definition) is 7. The normalized spacial score (nSPS) is 16.1. The number of piperidine rings is 1. The second-order valence-corrected chi connectivity index (χ2v) is 10.1. The number of amides is 1. The molecule has 0 unspecified atom stereocenters. The quantitative estimate of drug-likeness (QED) is 0.553. The SMILES string of the molecule is [B]c1cc2cnc(S(C)(=O)=O)nc2cc1OC1CCN(C(=O)OC(C)(C)C)CC1. The van der Waals surface area contributed by atoms with Gasteiger partial charge in [-0.3, -0.25) is 0 Å². The van der Waals surface area contributed by atoms with Crippen LogP contribution >= 0.6 is 0 Å². The Morgan fingerprint density at radius 3 is 2.48 bits per heavy atom. The van der Waals surface area contributed by atoms with Crippen molar-refractivity contribution in [2.45, 2.75) is 50.5 Å². The molecule has 29 heavy (non-hydrogen) atoms. The van der Waals surface area contributed by atoms with E-state index < -0.39 is 15.4 Å². The Balaban J connectivity index is 1.70. The van der Waals surface area contributed by atoms with E-state index in [1.54, 1.807) is 17.0 Å². The van der Waals surface area contributed by atoms with Gasteiger partial charge in [-0.1, -0.05) is 11.5 Å². The maximum Gasteiger partial charge on any atom is 0.410 e. The van der Waals surface area contributed by atoms with Crippen LogP contribution in [0.15, 0.2) is 23.5 Å². The molecule has 1 aromatic heterocycles. The lowest BCUT2D eigenvalue weighted by Gasteiger charge is -2.33. The summed E-state index contributed by atoms with van der Waals surface area (Å²) < 4.78 is 34.8. The van der Waals surface area contributed by atoms with Crippen LogP contribution in [0.2, 0.25) is 0 Å². The number of aromatic nitrogens is 2. The predicted molar refractivity (Wildman–Crippen MR) is 109 cm³/mol. The summed E-state index contributed by atoms with van der Waals surface area (Å²) in [5.41, 5.74) is 0.329. The van der Waals surface area contributed by atoms with Gasteiger partial charge in [0.15, 0.2) is 0 Å². The molecule has 10 heteroatoms. The summed E-state index contributed by atoms with van der Waals surface area (Å²) in [7, 11) is 2.57. The van der Waals surface area contributed by atoms with E-state index in [0.717, 1.165) is 6.26 Å². The van der Waals surface area contributed by atoms with Gasteiger partial charge in [0.05, 0.1) is 5.52 Å². The van der Waals surface area contributed by atoms with Gasteiger partial charge in [0.1, 0.15) is 25.3 Å². The number of ether oxygens (including phenoxy) is 2. The lowest BCUT2D eigenvalue weighted by molar-refractivity contribution is 0.0127. The van der Waals surface area contributed by atoms with Crippen LogP contribution in [0.25, 0.3) is 10.9 Å². The largest absolute Gasteiger partial charge is 0.491 e. The summed E-state index contributed by atoms with van der Waals surface area (Å²) in [6, 6.07) is 3.29. The molecule has 2 heterocycles. The number of sulfone groups is 1. The molecule has 0 atom stereocenters. The van der Waals surface area contributed by atoms with Crippen LogP contribution in [0, 0.1) is 0 Å². The summed E-state index contributed by atoms with van der Waals surface area (Å²) in [4.78, 5) is 21.8. The van der Waals surface area contributed by atoms with Gasteiger partial charge >= 0.3 is 6.09 Å². The molecule has 0 spiro atoms. The molecule has 1 fully saturated rings. The minimum atomic E-state index is -3.52. The van der Waals surface area contributed by atoms with Crippen molar-refractivity contribution in [3.8, 4) is 5.75 Å². The second kappa shape index (κ2) is 7.81. The first-order valence-corrected chi connectivity index (χ1v) is 11.2. The first-order valence-electron chi connectivity index (χ1n) is 9.33. The van der Waals surface area contributed by atoms with Gasteiger partial charge in [0, 0.05) is 49.8 Å². The van der Waals surface area contributed by atoms with Crippen LogP contribution in [0.4, 0.5) is 4.79 Å². The monoisotopic (exact) mass is 417 g/mol. The highest BCUT2D eigenvalue weighted by atomic mass is 32.2. The van der Waals surface area contributed by atoms with Crippen LogP contribution in [0.1, 0.15) is 33.6 Å². The number of nitrogens with zero attached hydrogens (tertiary/aromatic N) is 3. The zero-order valence-corrected chi connectivity index (χ0v) is 17.8. The Kier molecular flexibility index (Phi) is 5.75. The van der Waals surface area contributed by atoms with Crippen LogP contribution in [0.3, 0.4) is 0 Å². The molecular weight excluding hydrogens is 393 g/mol. The van der Waals surface area contributed by atoms with Gasteiger partial charge in [0.25, 0.3) is 0 Å². The molecule has 1 aliphatic heterocycles. The van der Waals surface area contributed by atoms with Gasteiger partial charge in [0.2, 0.25) is 15.0 Å². The number of fused-ring (bicyclic) bond motifs is 1. The van der Waals surface area contributed by atoms with Crippen molar-refractivity contribution in [3.05, 3.63) is 18.3 Å². The predicted octanol–water partition coefficient (Wildman–Crippen LogP) is 1.61. The lowest BCUT2D eigenvalue weighted by Crippen LogP contribution is -2.44.